The van der Waals surface area contributed by atoms with Crippen LogP contribution >= 0.6 is 27.5 Å². The smallest absolute Gasteiger partial charge is 0.123 e. The van der Waals surface area contributed by atoms with Crippen molar-refractivity contribution in [1.82, 2.24) is 0 Å². The Kier molecular flexibility index (Phi) is 4.46. The van der Waals surface area contributed by atoms with Crippen LogP contribution < -0.4 is 0 Å². The summed E-state index contributed by atoms with van der Waals surface area (Å²) >= 11 is 8.94. The average Bonchev–Trinajstić information content (AvgIpc) is 2.16. The van der Waals surface area contributed by atoms with Crippen LogP contribution in [0.25, 0.3) is 5.57 Å². The molecule has 0 bridgehead atoms. The normalized spacial score (nSPS) is 11.8. The van der Waals surface area contributed by atoms with Gasteiger partial charge in [0, 0.05) is 11.2 Å². The lowest BCUT2D eigenvalue weighted by Crippen LogP contribution is -1.86. The van der Waals surface area contributed by atoms with Gasteiger partial charge in [0.15, 0.2) is 0 Å². The zero-order valence-electron chi connectivity index (χ0n) is 6.93. The summed E-state index contributed by atoms with van der Waals surface area (Å²) in [7, 11) is 0. The fraction of sp³-hybridized carbons (Fsp3) is 0.200. The van der Waals surface area contributed by atoms with Crippen LogP contribution in [0.15, 0.2) is 30.3 Å². The summed E-state index contributed by atoms with van der Waals surface area (Å²) in [6.45, 7) is 0. The summed E-state index contributed by atoms with van der Waals surface area (Å²) in [5, 5.41) is 0.728. The number of halogens is 3. The molecule has 0 unspecified atom stereocenters. The highest BCUT2D eigenvalue weighted by Crippen LogP contribution is 2.17. The Balaban J connectivity index is 2.92. The molecule has 0 radical (unpaired) electrons. The van der Waals surface area contributed by atoms with Gasteiger partial charge in [0.25, 0.3) is 0 Å². The summed E-state index contributed by atoms with van der Waals surface area (Å²) in [6, 6.07) is 6.38. The Hall–Kier alpha value is -0.340. The minimum Gasteiger partial charge on any atom is -0.207 e. The summed E-state index contributed by atoms with van der Waals surface area (Å²) in [5.41, 5.74) is 2.08. The van der Waals surface area contributed by atoms with Gasteiger partial charge >= 0.3 is 0 Å². The standard InChI is InChI=1S/C10H9BrClF/c11-7-9(5-6-12)8-1-3-10(13)4-2-8/h1-5H,6-7H2. The van der Waals surface area contributed by atoms with Crippen LogP contribution in [0.4, 0.5) is 4.39 Å². The summed E-state index contributed by atoms with van der Waals surface area (Å²) in [6.07, 6.45) is 1.91. The van der Waals surface area contributed by atoms with E-state index in [0.717, 1.165) is 16.5 Å². The van der Waals surface area contributed by atoms with Crippen LogP contribution in [0.5, 0.6) is 0 Å². The zero-order chi connectivity index (χ0) is 9.68. The van der Waals surface area contributed by atoms with Crippen LogP contribution in [-0.2, 0) is 0 Å². The van der Waals surface area contributed by atoms with Gasteiger partial charge in [-0.15, -0.1) is 11.6 Å². The van der Waals surface area contributed by atoms with E-state index >= 15 is 0 Å². The van der Waals surface area contributed by atoms with E-state index in [1.165, 1.54) is 12.1 Å². The second-order valence-corrected chi connectivity index (χ2v) is 3.39. The van der Waals surface area contributed by atoms with E-state index in [4.69, 9.17) is 11.6 Å². The van der Waals surface area contributed by atoms with Crippen LogP contribution in [-0.4, -0.2) is 11.2 Å². The van der Waals surface area contributed by atoms with E-state index in [1.54, 1.807) is 12.1 Å². The molecule has 13 heavy (non-hydrogen) atoms. The van der Waals surface area contributed by atoms with Gasteiger partial charge in [0.1, 0.15) is 5.82 Å². The molecule has 0 aliphatic heterocycles. The predicted octanol–water partition coefficient (Wildman–Crippen LogP) is 3.84. The average molecular weight is 264 g/mol. The third-order valence-electron chi connectivity index (χ3n) is 1.68. The van der Waals surface area contributed by atoms with E-state index in [0.29, 0.717) is 5.88 Å². The molecule has 70 valence electrons. The molecule has 0 saturated carbocycles. The summed E-state index contributed by atoms with van der Waals surface area (Å²) in [5.74, 6) is 0.252. The van der Waals surface area contributed by atoms with Crippen LogP contribution in [0.1, 0.15) is 5.56 Å². The minimum atomic E-state index is -0.219. The largest absolute Gasteiger partial charge is 0.207 e. The van der Waals surface area contributed by atoms with Crippen molar-refractivity contribution in [1.29, 1.82) is 0 Å². The topological polar surface area (TPSA) is 0 Å². The van der Waals surface area contributed by atoms with Gasteiger partial charge in [-0.05, 0) is 23.3 Å². The molecule has 1 rings (SSSR count). The highest BCUT2D eigenvalue weighted by molar-refractivity contribution is 9.09. The number of hydrogen-bond acceptors (Lipinski definition) is 0. The molecule has 0 atom stereocenters. The molecular formula is C10H9BrClF. The maximum Gasteiger partial charge on any atom is 0.123 e. The van der Waals surface area contributed by atoms with Gasteiger partial charge in [0.05, 0.1) is 0 Å². The lowest BCUT2D eigenvalue weighted by atomic mass is 10.1. The molecular weight excluding hydrogens is 254 g/mol. The number of allylic oxidation sites excluding steroid dienone is 2. The molecule has 0 N–H and O–H groups in total. The SMILES string of the molecule is Fc1ccc(C(=CCCl)CBr)cc1. The highest BCUT2D eigenvalue weighted by atomic mass is 79.9. The van der Waals surface area contributed by atoms with Gasteiger partial charge in [-0.2, -0.15) is 0 Å². The van der Waals surface area contributed by atoms with Crippen molar-refractivity contribution in [2.24, 2.45) is 0 Å². The predicted molar refractivity (Wildman–Crippen MR) is 58.9 cm³/mol. The summed E-state index contributed by atoms with van der Waals surface area (Å²) in [4.78, 5) is 0. The lowest BCUT2D eigenvalue weighted by molar-refractivity contribution is 0.627. The molecule has 1 aromatic rings. The van der Waals surface area contributed by atoms with Gasteiger partial charge in [-0.1, -0.05) is 34.1 Å². The Morgan fingerprint density at radius 3 is 2.46 bits per heavy atom. The van der Waals surface area contributed by atoms with Crippen molar-refractivity contribution in [3.05, 3.63) is 41.7 Å². The Morgan fingerprint density at radius 2 is 2.00 bits per heavy atom. The van der Waals surface area contributed by atoms with E-state index in [-0.39, 0.29) is 5.82 Å². The molecule has 0 saturated heterocycles. The zero-order valence-corrected chi connectivity index (χ0v) is 9.28. The monoisotopic (exact) mass is 262 g/mol. The second kappa shape index (κ2) is 5.40. The molecule has 0 aliphatic rings. The van der Waals surface area contributed by atoms with Crippen molar-refractivity contribution < 1.29 is 4.39 Å². The summed E-state index contributed by atoms with van der Waals surface area (Å²) < 4.78 is 12.6. The Bertz CT molecular complexity index is 292. The third-order valence-corrected chi connectivity index (χ3v) is 2.44. The van der Waals surface area contributed by atoms with Gasteiger partial charge in [-0.25, -0.2) is 4.39 Å². The second-order valence-electron chi connectivity index (χ2n) is 2.52. The quantitative estimate of drug-likeness (QED) is 0.727. The van der Waals surface area contributed by atoms with Gasteiger partial charge in [0.2, 0.25) is 0 Å². The van der Waals surface area contributed by atoms with Crippen molar-refractivity contribution in [2.45, 2.75) is 0 Å². The van der Waals surface area contributed by atoms with E-state index in [1.807, 2.05) is 6.08 Å². The molecule has 0 nitrogen and oxygen atoms in total. The molecule has 0 spiro atoms. The fourth-order valence-electron chi connectivity index (χ4n) is 1.01. The number of hydrogen-bond donors (Lipinski definition) is 0. The minimum absolute atomic E-state index is 0.219. The van der Waals surface area contributed by atoms with Crippen molar-refractivity contribution in [2.75, 3.05) is 11.2 Å². The van der Waals surface area contributed by atoms with Gasteiger partial charge < -0.3 is 0 Å². The molecule has 0 fully saturated rings. The third kappa shape index (κ3) is 3.12. The van der Waals surface area contributed by atoms with E-state index in [2.05, 4.69) is 15.9 Å². The number of benzene rings is 1. The lowest BCUT2D eigenvalue weighted by Gasteiger charge is -2.02. The van der Waals surface area contributed by atoms with Crippen LogP contribution in [0, 0.1) is 5.82 Å². The van der Waals surface area contributed by atoms with Crippen molar-refractivity contribution >= 4 is 33.1 Å². The van der Waals surface area contributed by atoms with Crippen LogP contribution in [0.2, 0.25) is 0 Å². The maximum absolute atomic E-state index is 12.6. The van der Waals surface area contributed by atoms with E-state index < -0.39 is 0 Å². The van der Waals surface area contributed by atoms with Gasteiger partial charge in [-0.3, -0.25) is 0 Å². The van der Waals surface area contributed by atoms with Crippen molar-refractivity contribution in [3.8, 4) is 0 Å². The molecule has 3 heteroatoms. The Labute approximate surface area is 90.5 Å². The first-order chi connectivity index (χ1) is 6.27. The highest BCUT2D eigenvalue weighted by Gasteiger charge is 1.98. The van der Waals surface area contributed by atoms with Crippen LogP contribution in [0.3, 0.4) is 0 Å². The van der Waals surface area contributed by atoms with Crippen molar-refractivity contribution in [3.63, 3.8) is 0 Å². The first-order valence-electron chi connectivity index (χ1n) is 3.85. The Morgan fingerprint density at radius 1 is 1.38 bits per heavy atom. The molecule has 0 heterocycles. The maximum atomic E-state index is 12.6. The molecule has 0 amide bonds. The van der Waals surface area contributed by atoms with E-state index in [9.17, 15) is 4.39 Å². The number of rotatable bonds is 3. The first-order valence-corrected chi connectivity index (χ1v) is 5.50. The number of alkyl halides is 2. The molecule has 1 aromatic carbocycles. The molecule has 0 aliphatic carbocycles. The fourth-order valence-corrected chi connectivity index (χ4v) is 1.75. The molecule has 0 aromatic heterocycles. The first kappa shape index (κ1) is 10.7.